The predicted octanol–water partition coefficient (Wildman–Crippen LogP) is 2.94. The Bertz CT molecular complexity index is 594. The number of carboxylic acids is 1. The van der Waals surface area contributed by atoms with E-state index < -0.39 is 5.97 Å². The van der Waals surface area contributed by atoms with Gasteiger partial charge in [0.1, 0.15) is 5.69 Å². The lowest BCUT2D eigenvalue weighted by Gasteiger charge is -2.14. The average Bonchev–Trinajstić information content (AvgIpc) is 2.46. The molecule has 0 aliphatic carbocycles. The van der Waals surface area contributed by atoms with Crippen molar-refractivity contribution in [3.8, 4) is 0 Å². The summed E-state index contributed by atoms with van der Waals surface area (Å²) in [6, 6.07) is 13.6. The van der Waals surface area contributed by atoms with Gasteiger partial charge in [-0.2, -0.15) is 0 Å². The molecule has 0 aliphatic heterocycles. The van der Waals surface area contributed by atoms with Gasteiger partial charge in [0.15, 0.2) is 0 Å². The van der Waals surface area contributed by atoms with E-state index >= 15 is 0 Å². The predicted molar refractivity (Wildman–Crippen MR) is 77.6 cm³/mol. The summed E-state index contributed by atoms with van der Waals surface area (Å²) in [5.41, 5.74) is 3.23. The lowest BCUT2D eigenvalue weighted by atomic mass is 10.1. The summed E-state index contributed by atoms with van der Waals surface area (Å²) < 4.78 is 0. The van der Waals surface area contributed by atoms with E-state index in [1.54, 1.807) is 6.07 Å². The van der Waals surface area contributed by atoms with Gasteiger partial charge in [-0.05, 0) is 31.5 Å². The minimum Gasteiger partial charge on any atom is -0.477 e. The van der Waals surface area contributed by atoms with E-state index in [1.807, 2.05) is 6.07 Å². The van der Waals surface area contributed by atoms with Crippen LogP contribution in [0.2, 0.25) is 0 Å². The first-order valence-electron chi connectivity index (χ1n) is 6.55. The number of hydrogen-bond donors (Lipinski definition) is 2. The standard InChI is InChI=1S/C16H18N2O2/c1-11-6-8-13(9-7-11)12(2)17-10-14-4-3-5-15(18-14)16(19)20/h3-9,12,17H,10H2,1-2H3,(H,19,20)/t12-/m0/s1. The molecule has 104 valence electrons. The van der Waals surface area contributed by atoms with Gasteiger partial charge in [0.25, 0.3) is 0 Å². The Morgan fingerprint density at radius 3 is 2.60 bits per heavy atom. The number of nitrogens with one attached hydrogen (secondary N) is 1. The van der Waals surface area contributed by atoms with Crippen LogP contribution >= 0.6 is 0 Å². The second-order valence-electron chi connectivity index (χ2n) is 4.83. The number of carboxylic acid groups (broad SMARTS) is 1. The van der Waals surface area contributed by atoms with E-state index in [-0.39, 0.29) is 11.7 Å². The van der Waals surface area contributed by atoms with Gasteiger partial charge in [-0.15, -0.1) is 0 Å². The SMILES string of the molecule is Cc1ccc([C@H](C)NCc2cccc(C(=O)O)n2)cc1. The molecule has 2 rings (SSSR count). The fourth-order valence-corrected chi connectivity index (χ4v) is 1.93. The molecule has 0 saturated carbocycles. The normalized spacial score (nSPS) is 12.1. The van der Waals surface area contributed by atoms with Gasteiger partial charge < -0.3 is 10.4 Å². The van der Waals surface area contributed by atoms with Crippen molar-refractivity contribution < 1.29 is 9.90 Å². The number of aromatic nitrogens is 1. The Balaban J connectivity index is 1.99. The highest BCUT2D eigenvalue weighted by atomic mass is 16.4. The van der Waals surface area contributed by atoms with Crippen LogP contribution in [0, 0.1) is 6.92 Å². The van der Waals surface area contributed by atoms with Crippen molar-refractivity contribution in [3.63, 3.8) is 0 Å². The first kappa shape index (κ1) is 14.2. The molecule has 20 heavy (non-hydrogen) atoms. The van der Waals surface area contributed by atoms with Crippen molar-refractivity contribution in [2.24, 2.45) is 0 Å². The highest BCUT2D eigenvalue weighted by Gasteiger charge is 2.07. The zero-order valence-corrected chi connectivity index (χ0v) is 11.6. The zero-order valence-electron chi connectivity index (χ0n) is 11.6. The molecule has 0 bridgehead atoms. The van der Waals surface area contributed by atoms with Crippen LogP contribution in [0.1, 0.15) is 40.3 Å². The number of aromatic carboxylic acids is 1. The van der Waals surface area contributed by atoms with E-state index in [9.17, 15) is 4.79 Å². The topological polar surface area (TPSA) is 62.2 Å². The molecule has 1 aromatic carbocycles. The molecule has 0 fully saturated rings. The van der Waals surface area contributed by atoms with Gasteiger partial charge >= 0.3 is 5.97 Å². The maximum absolute atomic E-state index is 10.9. The minimum atomic E-state index is -1.00. The Hall–Kier alpha value is -2.20. The number of nitrogens with zero attached hydrogens (tertiary/aromatic N) is 1. The van der Waals surface area contributed by atoms with Crippen LogP contribution in [0.25, 0.3) is 0 Å². The molecule has 2 aromatic rings. The maximum Gasteiger partial charge on any atom is 0.354 e. The van der Waals surface area contributed by atoms with Crippen LogP contribution in [0.15, 0.2) is 42.5 Å². The van der Waals surface area contributed by atoms with Crippen molar-refractivity contribution in [3.05, 3.63) is 65.0 Å². The molecule has 0 saturated heterocycles. The molecule has 2 N–H and O–H groups in total. The number of pyridine rings is 1. The maximum atomic E-state index is 10.9. The van der Waals surface area contributed by atoms with Gasteiger partial charge in [0, 0.05) is 12.6 Å². The van der Waals surface area contributed by atoms with Crippen LogP contribution in [0.3, 0.4) is 0 Å². The molecule has 0 radical (unpaired) electrons. The highest BCUT2D eigenvalue weighted by molar-refractivity contribution is 5.85. The van der Waals surface area contributed by atoms with E-state index in [2.05, 4.69) is 48.4 Å². The van der Waals surface area contributed by atoms with Gasteiger partial charge in [0.05, 0.1) is 5.69 Å². The fourth-order valence-electron chi connectivity index (χ4n) is 1.93. The molecule has 1 atom stereocenters. The zero-order chi connectivity index (χ0) is 14.5. The summed E-state index contributed by atoms with van der Waals surface area (Å²) in [6.07, 6.45) is 0. The summed E-state index contributed by atoms with van der Waals surface area (Å²) in [5, 5.41) is 12.3. The van der Waals surface area contributed by atoms with Crippen LogP contribution < -0.4 is 5.32 Å². The first-order valence-corrected chi connectivity index (χ1v) is 6.55. The number of hydrogen-bond acceptors (Lipinski definition) is 3. The number of carbonyl (C=O) groups is 1. The van der Waals surface area contributed by atoms with Gasteiger partial charge in [0.2, 0.25) is 0 Å². The van der Waals surface area contributed by atoms with E-state index in [4.69, 9.17) is 5.11 Å². The van der Waals surface area contributed by atoms with Gasteiger partial charge in [-0.25, -0.2) is 9.78 Å². The quantitative estimate of drug-likeness (QED) is 0.877. The van der Waals surface area contributed by atoms with E-state index in [0.717, 1.165) is 5.69 Å². The van der Waals surface area contributed by atoms with Crippen LogP contribution in [-0.4, -0.2) is 16.1 Å². The van der Waals surface area contributed by atoms with Crippen molar-refractivity contribution in [2.75, 3.05) is 0 Å². The van der Waals surface area contributed by atoms with Crippen LogP contribution in [0.4, 0.5) is 0 Å². The number of aryl methyl sites for hydroxylation is 1. The summed E-state index contributed by atoms with van der Waals surface area (Å²) in [5.74, 6) is -1.00. The molecule has 0 spiro atoms. The van der Waals surface area contributed by atoms with Gasteiger partial charge in [-0.1, -0.05) is 35.9 Å². The Morgan fingerprint density at radius 2 is 1.95 bits per heavy atom. The summed E-state index contributed by atoms with van der Waals surface area (Å²) in [7, 11) is 0. The monoisotopic (exact) mass is 270 g/mol. The van der Waals surface area contributed by atoms with Gasteiger partial charge in [-0.3, -0.25) is 0 Å². The molecule has 0 amide bonds. The van der Waals surface area contributed by atoms with Crippen molar-refractivity contribution in [1.82, 2.24) is 10.3 Å². The molecular formula is C16H18N2O2. The van der Waals surface area contributed by atoms with E-state index in [1.165, 1.54) is 17.2 Å². The molecular weight excluding hydrogens is 252 g/mol. The van der Waals surface area contributed by atoms with Crippen LogP contribution in [0.5, 0.6) is 0 Å². The summed E-state index contributed by atoms with van der Waals surface area (Å²) in [6.45, 7) is 4.67. The average molecular weight is 270 g/mol. The summed E-state index contributed by atoms with van der Waals surface area (Å²) >= 11 is 0. The highest BCUT2D eigenvalue weighted by Crippen LogP contribution is 2.13. The molecule has 4 heteroatoms. The Morgan fingerprint density at radius 1 is 1.25 bits per heavy atom. The molecule has 0 aliphatic rings. The smallest absolute Gasteiger partial charge is 0.354 e. The van der Waals surface area contributed by atoms with Crippen molar-refractivity contribution in [1.29, 1.82) is 0 Å². The largest absolute Gasteiger partial charge is 0.477 e. The number of benzene rings is 1. The second kappa shape index (κ2) is 6.30. The Labute approximate surface area is 118 Å². The lowest BCUT2D eigenvalue weighted by Crippen LogP contribution is -2.19. The fraction of sp³-hybridized carbons (Fsp3) is 0.250. The third-order valence-corrected chi connectivity index (χ3v) is 3.19. The molecule has 1 aromatic heterocycles. The molecule has 0 unspecified atom stereocenters. The number of rotatable bonds is 5. The summed E-state index contributed by atoms with van der Waals surface area (Å²) in [4.78, 5) is 15.0. The second-order valence-corrected chi connectivity index (χ2v) is 4.83. The van der Waals surface area contributed by atoms with E-state index in [0.29, 0.717) is 6.54 Å². The first-order chi connectivity index (χ1) is 9.56. The molecule has 1 heterocycles. The van der Waals surface area contributed by atoms with Crippen molar-refractivity contribution >= 4 is 5.97 Å². The minimum absolute atomic E-state index is 0.0762. The third-order valence-electron chi connectivity index (χ3n) is 3.19. The molecule has 4 nitrogen and oxygen atoms in total. The Kier molecular flexibility index (Phi) is 4.48. The lowest BCUT2D eigenvalue weighted by molar-refractivity contribution is 0.0690. The van der Waals surface area contributed by atoms with Crippen molar-refractivity contribution in [2.45, 2.75) is 26.4 Å². The van der Waals surface area contributed by atoms with Crippen LogP contribution in [-0.2, 0) is 6.54 Å². The third kappa shape index (κ3) is 3.65.